The Bertz CT molecular complexity index is 1260. The van der Waals surface area contributed by atoms with Gasteiger partial charge in [-0.2, -0.15) is 0 Å². The lowest BCUT2D eigenvalue weighted by atomic mass is 10.2. The SMILES string of the molecule is O=C(Cn1cnc2sc(-c3ccccc3)cc2c1=O)NC[C@@H](c1ccco1)N1CCCC1. The van der Waals surface area contributed by atoms with Gasteiger partial charge in [0.15, 0.2) is 0 Å². The average molecular weight is 449 g/mol. The van der Waals surface area contributed by atoms with E-state index in [1.807, 2.05) is 48.5 Å². The first-order chi connectivity index (χ1) is 15.7. The van der Waals surface area contributed by atoms with Crippen molar-refractivity contribution in [2.45, 2.75) is 25.4 Å². The Labute approximate surface area is 189 Å². The third kappa shape index (κ3) is 4.24. The predicted octanol–water partition coefficient (Wildman–Crippen LogP) is 3.67. The zero-order valence-corrected chi connectivity index (χ0v) is 18.4. The minimum atomic E-state index is -0.220. The molecule has 8 heteroatoms. The van der Waals surface area contributed by atoms with Gasteiger partial charge in [-0.3, -0.25) is 19.1 Å². The predicted molar refractivity (Wildman–Crippen MR) is 125 cm³/mol. The highest BCUT2D eigenvalue weighted by Gasteiger charge is 2.26. The number of amides is 1. The molecule has 0 bridgehead atoms. The molecule has 1 aliphatic heterocycles. The van der Waals surface area contributed by atoms with Gasteiger partial charge in [-0.25, -0.2) is 4.98 Å². The van der Waals surface area contributed by atoms with Crippen LogP contribution in [0.1, 0.15) is 24.6 Å². The van der Waals surface area contributed by atoms with E-state index in [0.717, 1.165) is 42.1 Å². The zero-order chi connectivity index (χ0) is 21.9. The number of carbonyl (C=O) groups is 1. The summed E-state index contributed by atoms with van der Waals surface area (Å²) in [5.41, 5.74) is 0.843. The Balaban J connectivity index is 1.30. The molecule has 1 saturated heterocycles. The summed E-state index contributed by atoms with van der Waals surface area (Å²) < 4.78 is 6.98. The van der Waals surface area contributed by atoms with Gasteiger partial charge < -0.3 is 9.73 Å². The Kier molecular flexibility index (Phi) is 5.87. The van der Waals surface area contributed by atoms with Crippen LogP contribution in [-0.4, -0.2) is 40.0 Å². The van der Waals surface area contributed by atoms with Crippen LogP contribution in [-0.2, 0) is 11.3 Å². The van der Waals surface area contributed by atoms with Gasteiger partial charge in [0.25, 0.3) is 5.56 Å². The number of furan rings is 1. The maximum Gasteiger partial charge on any atom is 0.262 e. The normalized spacial score (nSPS) is 15.2. The molecule has 3 aromatic heterocycles. The second-order valence-electron chi connectivity index (χ2n) is 7.95. The summed E-state index contributed by atoms with van der Waals surface area (Å²) >= 11 is 1.48. The number of aromatic nitrogens is 2. The second kappa shape index (κ2) is 9.10. The number of nitrogens with zero attached hydrogens (tertiary/aromatic N) is 3. The fourth-order valence-electron chi connectivity index (χ4n) is 4.18. The molecule has 1 aliphatic rings. The number of likely N-dealkylation sites (tertiary alicyclic amines) is 1. The van der Waals surface area contributed by atoms with Crippen LogP contribution in [0.4, 0.5) is 0 Å². The van der Waals surface area contributed by atoms with Crippen LogP contribution in [0.3, 0.4) is 0 Å². The van der Waals surface area contributed by atoms with Crippen LogP contribution in [0, 0.1) is 0 Å². The second-order valence-corrected chi connectivity index (χ2v) is 8.98. The first kappa shape index (κ1) is 20.7. The molecular formula is C24H24N4O3S. The molecule has 1 atom stereocenters. The molecule has 1 N–H and O–H groups in total. The molecule has 1 amide bonds. The number of rotatable bonds is 7. The van der Waals surface area contributed by atoms with E-state index in [1.165, 1.54) is 22.2 Å². The van der Waals surface area contributed by atoms with Gasteiger partial charge in [0, 0.05) is 11.4 Å². The van der Waals surface area contributed by atoms with Crippen molar-refractivity contribution in [1.82, 2.24) is 19.8 Å². The highest BCUT2D eigenvalue weighted by atomic mass is 32.1. The lowest BCUT2D eigenvalue weighted by molar-refractivity contribution is -0.122. The highest BCUT2D eigenvalue weighted by Crippen LogP contribution is 2.30. The first-order valence-corrected chi connectivity index (χ1v) is 11.6. The van der Waals surface area contributed by atoms with Gasteiger partial charge in [-0.1, -0.05) is 30.3 Å². The third-order valence-corrected chi connectivity index (χ3v) is 6.93. The summed E-state index contributed by atoms with van der Waals surface area (Å²) in [6.45, 7) is 2.35. The molecule has 5 rings (SSSR count). The zero-order valence-electron chi connectivity index (χ0n) is 17.6. The molecule has 1 fully saturated rings. The topological polar surface area (TPSA) is 80.4 Å². The smallest absolute Gasteiger partial charge is 0.262 e. The van der Waals surface area contributed by atoms with E-state index in [0.29, 0.717) is 16.8 Å². The molecule has 0 aliphatic carbocycles. The third-order valence-electron chi connectivity index (χ3n) is 5.84. The summed E-state index contributed by atoms with van der Waals surface area (Å²) in [6.07, 6.45) is 5.42. The molecule has 0 radical (unpaired) electrons. The fourth-order valence-corrected chi connectivity index (χ4v) is 5.18. The molecule has 164 valence electrons. The van der Waals surface area contributed by atoms with Crippen molar-refractivity contribution < 1.29 is 9.21 Å². The molecular weight excluding hydrogens is 424 g/mol. The van der Waals surface area contributed by atoms with Crippen molar-refractivity contribution in [3.8, 4) is 10.4 Å². The molecule has 7 nitrogen and oxygen atoms in total. The van der Waals surface area contributed by atoms with Crippen molar-refractivity contribution in [3.63, 3.8) is 0 Å². The number of hydrogen-bond donors (Lipinski definition) is 1. The lowest BCUT2D eigenvalue weighted by Crippen LogP contribution is -2.39. The van der Waals surface area contributed by atoms with E-state index in [4.69, 9.17) is 4.42 Å². The van der Waals surface area contributed by atoms with Crippen molar-refractivity contribution >= 4 is 27.5 Å². The van der Waals surface area contributed by atoms with Gasteiger partial charge in [0.1, 0.15) is 17.1 Å². The monoisotopic (exact) mass is 448 g/mol. The Morgan fingerprint density at radius 2 is 1.97 bits per heavy atom. The van der Waals surface area contributed by atoms with Gasteiger partial charge in [-0.15, -0.1) is 11.3 Å². The van der Waals surface area contributed by atoms with Gasteiger partial charge in [-0.05, 0) is 49.7 Å². The summed E-state index contributed by atoms with van der Waals surface area (Å²) in [5.74, 6) is 0.627. The molecule has 1 aromatic carbocycles. The summed E-state index contributed by atoms with van der Waals surface area (Å²) in [6, 6.07) is 15.6. The van der Waals surface area contributed by atoms with Crippen LogP contribution in [0.5, 0.6) is 0 Å². The number of hydrogen-bond acceptors (Lipinski definition) is 6. The van der Waals surface area contributed by atoms with Crippen molar-refractivity contribution in [3.05, 3.63) is 77.2 Å². The number of benzene rings is 1. The van der Waals surface area contributed by atoms with Crippen molar-refractivity contribution in [1.29, 1.82) is 0 Å². The van der Waals surface area contributed by atoms with Gasteiger partial charge >= 0.3 is 0 Å². The van der Waals surface area contributed by atoms with E-state index in [9.17, 15) is 9.59 Å². The van der Waals surface area contributed by atoms with E-state index >= 15 is 0 Å². The summed E-state index contributed by atoms with van der Waals surface area (Å²) in [5, 5.41) is 3.51. The molecule has 0 unspecified atom stereocenters. The van der Waals surface area contributed by atoms with Gasteiger partial charge in [0.2, 0.25) is 5.91 Å². The van der Waals surface area contributed by atoms with Gasteiger partial charge in [0.05, 0.1) is 24.0 Å². The number of carbonyl (C=O) groups excluding carboxylic acids is 1. The maximum absolute atomic E-state index is 13.0. The van der Waals surface area contributed by atoms with E-state index < -0.39 is 0 Å². The maximum atomic E-state index is 13.0. The summed E-state index contributed by atoms with van der Waals surface area (Å²) in [4.78, 5) is 34.1. The van der Waals surface area contributed by atoms with E-state index in [-0.39, 0.29) is 24.1 Å². The van der Waals surface area contributed by atoms with E-state index in [1.54, 1.807) is 6.26 Å². The fraction of sp³-hybridized carbons (Fsp3) is 0.292. The van der Waals surface area contributed by atoms with Crippen molar-refractivity contribution in [2.75, 3.05) is 19.6 Å². The van der Waals surface area contributed by atoms with Crippen LogP contribution in [0.2, 0.25) is 0 Å². The molecule has 4 aromatic rings. The number of thiophene rings is 1. The Morgan fingerprint density at radius 3 is 2.72 bits per heavy atom. The highest BCUT2D eigenvalue weighted by molar-refractivity contribution is 7.21. The first-order valence-electron chi connectivity index (χ1n) is 10.8. The lowest BCUT2D eigenvalue weighted by Gasteiger charge is -2.26. The van der Waals surface area contributed by atoms with Crippen LogP contribution in [0.25, 0.3) is 20.7 Å². The minimum absolute atomic E-state index is 0.000850. The molecule has 0 saturated carbocycles. The quantitative estimate of drug-likeness (QED) is 0.467. The van der Waals surface area contributed by atoms with E-state index in [2.05, 4.69) is 15.2 Å². The standard InChI is InChI=1S/C24H24N4O3S/c29-22(25-14-19(20-9-6-12-31-20)27-10-4-5-11-27)15-28-16-26-23-18(24(28)30)13-21(32-23)17-7-2-1-3-8-17/h1-3,6-9,12-13,16,19H,4-5,10-11,14-15H2,(H,25,29)/t19-/m0/s1. The minimum Gasteiger partial charge on any atom is -0.468 e. The molecule has 4 heterocycles. The average Bonchev–Trinajstić information content (AvgIpc) is 3.59. The van der Waals surface area contributed by atoms with Crippen LogP contribution in [0.15, 0.2) is 70.3 Å². The number of fused-ring (bicyclic) bond motifs is 1. The van der Waals surface area contributed by atoms with Crippen molar-refractivity contribution in [2.24, 2.45) is 0 Å². The molecule has 0 spiro atoms. The van der Waals surface area contributed by atoms with Crippen LogP contribution >= 0.6 is 11.3 Å². The largest absolute Gasteiger partial charge is 0.468 e. The Hall–Kier alpha value is -3.23. The molecule has 32 heavy (non-hydrogen) atoms. The number of nitrogens with one attached hydrogen (secondary N) is 1. The van der Waals surface area contributed by atoms with Crippen LogP contribution < -0.4 is 10.9 Å². The summed E-state index contributed by atoms with van der Waals surface area (Å²) in [7, 11) is 0. The Morgan fingerprint density at radius 1 is 1.16 bits per heavy atom.